The maximum atomic E-state index is 14.0. The molecule has 12 heteroatoms. The Kier molecular flexibility index (Phi) is 13.3. The lowest BCUT2D eigenvalue weighted by molar-refractivity contribution is 1.09. The second-order valence-electron chi connectivity index (χ2n) is 25.4. The quantitative estimate of drug-likeness (QED) is 0.108. The maximum Gasteiger partial charge on any atom is 0.264 e. The molecule has 8 aromatic heterocycles. The Morgan fingerprint density at radius 2 is 0.354 bits per heavy atom. The number of rotatable bonds is 0. The van der Waals surface area contributed by atoms with E-state index in [-0.39, 0.29) is 22.2 Å². The molecular weight excluding hydrogens is 1180 g/mol. The summed E-state index contributed by atoms with van der Waals surface area (Å²) < 4.78 is 6.98. The Morgan fingerprint density at radius 1 is 0.208 bits per heavy atom. The lowest BCUT2D eigenvalue weighted by Crippen LogP contribution is -2.14. The van der Waals surface area contributed by atoms with Crippen LogP contribution in [-0.4, -0.2) is 37.5 Å². The van der Waals surface area contributed by atoms with Crippen molar-refractivity contribution in [1.29, 1.82) is 0 Å². The SMILES string of the molecule is CCC.CCC.CCC.CCC.O=c1c2ccc3c4ccc5c(=O)n6c7ccccc7nc6c6ccc(c7ccc(c2c37)c2nc3ccccc3n12)c4c56.O=c1c2ccc3c4ccc5c6c(ccc(c7ccc(c2c37)c2nc3ccccc3n12)c46)c(=O)n1c2ccccc2nc51. The fraction of sp³-hybridized carbons (Fsp3) is 0.143. The normalized spacial score (nSPS) is 12.1. The number of hydrogen-bond acceptors (Lipinski definition) is 8. The zero-order valence-corrected chi connectivity index (χ0v) is 54.5. The van der Waals surface area contributed by atoms with Crippen molar-refractivity contribution in [1.82, 2.24) is 37.5 Å². The van der Waals surface area contributed by atoms with E-state index in [0.29, 0.717) is 44.1 Å². The molecule has 0 aliphatic rings. The molecule has 0 spiro atoms. The molecule has 0 saturated carbocycles. The third kappa shape index (κ3) is 7.77. The highest BCUT2D eigenvalue weighted by molar-refractivity contribution is 6.42. The van der Waals surface area contributed by atoms with Crippen LogP contribution in [0.15, 0.2) is 213 Å². The highest BCUT2D eigenvalue weighted by atomic mass is 16.1. The van der Waals surface area contributed by atoms with Gasteiger partial charge in [0.1, 0.15) is 22.6 Å². The number of benzene rings is 14. The fourth-order valence-corrected chi connectivity index (χ4v) is 15.4. The second kappa shape index (κ2) is 21.9. The molecule has 12 nitrogen and oxygen atoms in total. The van der Waals surface area contributed by atoms with Crippen LogP contribution in [0.1, 0.15) is 81.1 Å². The van der Waals surface area contributed by atoms with E-state index in [0.717, 1.165) is 152 Å². The summed E-state index contributed by atoms with van der Waals surface area (Å²) in [6.07, 6.45) is 5.00. The van der Waals surface area contributed by atoms with Gasteiger partial charge in [-0.05, 0) is 162 Å². The van der Waals surface area contributed by atoms with Gasteiger partial charge in [0, 0.05) is 64.6 Å². The van der Waals surface area contributed by atoms with Crippen molar-refractivity contribution in [3.8, 4) is 0 Å². The fourth-order valence-electron chi connectivity index (χ4n) is 15.4. The van der Waals surface area contributed by atoms with Gasteiger partial charge in [-0.25, -0.2) is 19.9 Å². The first kappa shape index (κ1) is 58.1. The second-order valence-corrected chi connectivity index (χ2v) is 25.4. The van der Waals surface area contributed by atoms with Crippen LogP contribution in [0, 0.1) is 0 Å². The molecule has 22 rings (SSSR count). The molecule has 0 atom stereocenters. The van der Waals surface area contributed by atoms with Crippen molar-refractivity contribution in [3.05, 3.63) is 236 Å². The minimum atomic E-state index is -0.0598. The Morgan fingerprint density at radius 3 is 0.542 bits per heavy atom. The zero-order valence-electron chi connectivity index (χ0n) is 54.5. The molecule has 0 fully saturated rings. The summed E-state index contributed by atoms with van der Waals surface area (Å²) in [6, 6.07) is 64.2. The summed E-state index contributed by atoms with van der Waals surface area (Å²) in [6.45, 7) is 17.0. The minimum absolute atomic E-state index is 0.0598. The lowest BCUT2D eigenvalue weighted by Gasteiger charge is -2.18. The molecule has 0 aliphatic heterocycles. The molecule has 8 heterocycles. The van der Waals surface area contributed by atoms with E-state index >= 15 is 0 Å². The van der Waals surface area contributed by atoms with Crippen LogP contribution in [0.5, 0.6) is 0 Å². The van der Waals surface area contributed by atoms with Crippen LogP contribution < -0.4 is 22.2 Å². The molecule has 14 aromatic carbocycles. The highest BCUT2D eigenvalue weighted by Gasteiger charge is 2.27. The average Bonchev–Trinajstić information content (AvgIpc) is 1.04. The molecular formula is C84H64N8O4. The average molecular weight is 1250 g/mol. The molecule has 0 radical (unpaired) electrons. The van der Waals surface area contributed by atoms with Crippen molar-refractivity contribution < 1.29 is 0 Å². The maximum absolute atomic E-state index is 14.0. The summed E-state index contributed by atoms with van der Waals surface area (Å²) in [4.78, 5) is 75.5. The van der Waals surface area contributed by atoms with E-state index in [9.17, 15) is 19.2 Å². The summed E-state index contributed by atoms with van der Waals surface area (Å²) >= 11 is 0. The Balaban J connectivity index is 0.000000125. The van der Waals surface area contributed by atoms with E-state index in [1.165, 1.54) is 25.7 Å². The van der Waals surface area contributed by atoms with Gasteiger partial charge in [0.25, 0.3) is 22.2 Å². The summed E-state index contributed by atoms with van der Waals surface area (Å²) in [5, 5.41) is 23.0. The summed E-state index contributed by atoms with van der Waals surface area (Å²) in [5.74, 6) is 0. The number of hydrogen-bond donors (Lipinski definition) is 0. The van der Waals surface area contributed by atoms with Crippen molar-refractivity contribution >= 4 is 196 Å². The van der Waals surface area contributed by atoms with E-state index in [1.807, 2.05) is 121 Å². The number of fused-ring (bicyclic) bond motifs is 20. The first-order valence-corrected chi connectivity index (χ1v) is 33.5. The van der Waals surface area contributed by atoms with E-state index in [2.05, 4.69) is 128 Å². The van der Waals surface area contributed by atoms with Crippen molar-refractivity contribution in [2.45, 2.75) is 81.1 Å². The molecule has 0 unspecified atom stereocenters. The van der Waals surface area contributed by atoms with E-state index in [4.69, 9.17) is 19.9 Å². The number of imidazole rings is 4. The molecule has 96 heavy (non-hydrogen) atoms. The van der Waals surface area contributed by atoms with Crippen molar-refractivity contribution in [3.63, 3.8) is 0 Å². The largest absolute Gasteiger partial charge is 0.268 e. The van der Waals surface area contributed by atoms with E-state index < -0.39 is 0 Å². The van der Waals surface area contributed by atoms with Crippen LogP contribution in [0.25, 0.3) is 196 Å². The first-order chi connectivity index (χ1) is 47.0. The van der Waals surface area contributed by atoms with Gasteiger partial charge in [-0.3, -0.25) is 36.8 Å². The van der Waals surface area contributed by atoms with Crippen LogP contribution in [0.2, 0.25) is 0 Å². The zero-order chi connectivity index (χ0) is 65.7. The van der Waals surface area contributed by atoms with Gasteiger partial charge >= 0.3 is 0 Å². The Bertz CT molecular complexity index is 6270. The number of para-hydroxylation sites is 8. The predicted molar refractivity (Wildman–Crippen MR) is 404 cm³/mol. The smallest absolute Gasteiger partial charge is 0.264 e. The lowest BCUT2D eigenvalue weighted by atomic mass is 9.86. The van der Waals surface area contributed by atoms with Gasteiger partial charge in [0.2, 0.25) is 0 Å². The summed E-state index contributed by atoms with van der Waals surface area (Å²) in [5.41, 5.74) is 8.96. The van der Waals surface area contributed by atoms with Gasteiger partial charge < -0.3 is 0 Å². The van der Waals surface area contributed by atoms with Crippen LogP contribution in [-0.2, 0) is 0 Å². The first-order valence-electron chi connectivity index (χ1n) is 33.5. The summed E-state index contributed by atoms with van der Waals surface area (Å²) in [7, 11) is 0. The van der Waals surface area contributed by atoms with Crippen LogP contribution in [0.4, 0.5) is 0 Å². The molecule has 0 saturated heterocycles. The minimum Gasteiger partial charge on any atom is -0.268 e. The topological polar surface area (TPSA) is 137 Å². The van der Waals surface area contributed by atoms with Gasteiger partial charge in [-0.15, -0.1) is 0 Å². The number of nitrogens with zero attached hydrogens (tertiary/aromatic N) is 8. The van der Waals surface area contributed by atoms with Crippen molar-refractivity contribution in [2.75, 3.05) is 0 Å². The molecule has 22 aromatic rings. The van der Waals surface area contributed by atoms with Gasteiger partial charge in [-0.1, -0.05) is 178 Å². The highest BCUT2D eigenvalue weighted by Crippen LogP contribution is 2.48. The Hall–Kier alpha value is -11.8. The third-order valence-corrected chi connectivity index (χ3v) is 18.7. The van der Waals surface area contributed by atoms with Crippen LogP contribution >= 0.6 is 0 Å². The van der Waals surface area contributed by atoms with Crippen LogP contribution in [0.3, 0.4) is 0 Å². The molecule has 0 N–H and O–H groups in total. The van der Waals surface area contributed by atoms with Gasteiger partial charge in [0.15, 0.2) is 0 Å². The third-order valence-electron chi connectivity index (χ3n) is 18.7. The monoisotopic (exact) mass is 1250 g/mol. The molecule has 0 aliphatic carbocycles. The predicted octanol–water partition coefficient (Wildman–Crippen LogP) is 20.1. The molecule has 0 bridgehead atoms. The number of pyridine rings is 4. The van der Waals surface area contributed by atoms with Gasteiger partial charge in [-0.2, -0.15) is 0 Å². The molecule has 464 valence electrons. The van der Waals surface area contributed by atoms with Crippen molar-refractivity contribution in [2.24, 2.45) is 0 Å². The Labute approximate surface area is 547 Å². The van der Waals surface area contributed by atoms with Gasteiger partial charge in [0.05, 0.1) is 44.1 Å². The molecule has 0 amide bonds. The standard InChI is InChI=1S/2C36H16N4O2.4C3H8/c41-35-23-15-11-19-18-10-14-22-32-24(36(42)40-28-8-4-2-6-26(28)38-34(22)40)16-12-20(30(18)32)17-9-13-21(31(23)29(17)19)33-37-25-5-1-3-7-27(25)39(33)35;41-35-23-15-11-19-20-12-16-24-32-22(34-38-26-6-2-4-8-28(26)40(34)36(24)42)14-10-18(30(20)32)17-9-13-21(31(23)29(17)19)33-37-25-5-1-3-7-27(25)39(33)35;4*1-3-2/h2*1-16H;4*3H2,1-2H3. The van der Waals surface area contributed by atoms with E-state index in [1.54, 1.807) is 17.6 Å². The number of aromatic nitrogens is 8.